The molecule has 0 aromatic rings. The second-order valence-electron chi connectivity index (χ2n) is 1.48. The third-order valence-corrected chi connectivity index (χ3v) is 0.879. The Labute approximate surface area is 58.8 Å². The van der Waals surface area contributed by atoms with E-state index in [-0.39, 0.29) is 23.0 Å². The van der Waals surface area contributed by atoms with Crippen molar-refractivity contribution in [3.8, 4) is 0 Å². The topological polar surface area (TPSA) is 29.1 Å². The van der Waals surface area contributed by atoms with Gasteiger partial charge in [-0.25, -0.2) is 0 Å². The SMILES string of the molecule is O=C1C=CCCN1.[Fe]. The Bertz CT molecular complexity index is 111. The van der Waals surface area contributed by atoms with Gasteiger partial charge in [0.25, 0.3) is 0 Å². The number of hydrogen-bond donors (Lipinski definition) is 1. The molecule has 1 amide bonds. The summed E-state index contributed by atoms with van der Waals surface area (Å²) in [5, 5.41) is 2.66. The number of carbonyl (C=O) groups is 1. The Morgan fingerprint density at radius 2 is 2.38 bits per heavy atom. The van der Waals surface area contributed by atoms with Crippen LogP contribution in [0.15, 0.2) is 12.2 Å². The minimum Gasteiger partial charge on any atom is -0.352 e. The third kappa shape index (κ3) is 2.15. The Balaban J connectivity index is 0.000000490. The fourth-order valence-electron chi connectivity index (χ4n) is 0.528. The predicted molar refractivity (Wildman–Crippen MR) is 26.8 cm³/mol. The molecule has 1 aliphatic rings. The van der Waals surface area contributed by atoms with Gasteiger partial charge in [-0.05, 0) is 12.5 Å². The zero-order chi connectivity index (χ0) is 5.11. The van der Waals surface area contributed by atoms with Gasteiger partial charge in [-0.2, -0.15) is 0 Å². The van der Waals surface area contributed by atoms with Gasteiger partial charge < -0.3 is 5.32 Å². The van der Waals surface area contributed by atoms with Crippen LogP contribution >= 0.6 is 0 Å². The van der Waals surface area contributed by atoms with Crippen LogP contribution in [0, 0.1) is 0 Å². The summed E-state index contributed by atoms with van der Waals surface area (Å²) >= 11 is 0. The summed E-state index contributed by atoms with van der Waals surface area (Å²) in [7, 11) is 0. The van der Waals surface area contributed by atoms with Gasteiger partial charge in [0.1, 0.15) is 0 Å². The van der Waals surface area contributed by atoms with E-state index in [1.54, 1.807) is 6.08 Å². The Kier molecular flexibility index (Phi) is 3.57. The van der Waals surface area contributed by atoms with Crippen molar-refractivity contribution >= 4 is 5.91 Å². The Morgan fingerprint density at radius 3 is 2.62 bits per heavy atom. The van der Waals surface area contributed by atoms with E-state index in [1.165, 1.54) is 0 Å². The summed E-state index contributed by atoms with van der Waals surface area (Å²) in [6.45, 7) is 0.801. The second-order valence-corrected chi connectivity index (χ2v) is 1.48. The van der Waals surface area contributed by atoms with E-state index in [4.69, 9.17) is 0 Å². The maximum atomic E-state index is 10.3. The normalized spacial score (nSPS) is 16.8. The molecular weight excluding hydrogens is 146 g/mol. The molecule has 1 N–H and O–H groups in total. The molecule has 8 heavy (non-hydrogen) atoms. The molecule has 1 rings (SSSR count). The second kappa shape index (κ2) is 3.70. The van der Waals surface area contributed by atoms with Crippen molar-refractivity contribution < 1.29 is 21.9 Å². The number of rotatable bonds is 0. The number of hydrogen-bond acceptors (Lipinski definition) is 1. The fourth-order valence-corrected chi connectivity index (χ4v) is 0.528. The largest absolute Gasteiger partial charge is 0.352 e. The van der Waals surface area contributed by atoms with E-state index >= 15 is 0 Å². The summed E-state index contributed by atoms with van der Waals surface area (Å²) in [5.74, 6) is 0.0336. The molecule has 0 saturated carbocycles. The van der Waals surface area contributed by atoms with Crippen molar-refractivity contribution in [3.05, 3.63) is 12.2 Å². The first kappa shape index (κ1) is 7.73. The average molecular weight is 153 g/mol. The third-order valence-electron chi connectivity index (χ3n) is 0.879. The van der Waals surface area contributed by atoms with Crippen LogP contribution in [0.5, 0.6) is 0 Å². The number of amides is 1. The molecule has 0 saturated heterocycles. The van der Waals surface area contributed by atoms with Gasteiger partial charge in [-0.1, -0.05) is 6.08 Å². The van der Waals surface area contributed by atoms with Gasteiger partial charge in [0.15, 0.2) is 0 Å². The van der Waals surface area contributed by atoms with Crippen molar-refractivity contribution in [2.75, 3.05) is 6.54 Å². The number of carbonyl (C=O) groups excluding carboxylic acids is 1. The summed E-state index contributed by atoms with van der Waals surface area (Å²) in [5.41, 5.74) is 0. The summed E-state index contributed by atoms with van der Waals surface area (Å²) < 4.78 is 0. The number of nitrogens with one attached hydrogen (secondary N) is 1. The standard InChI is InChI=1S/C5H7NO.Fe/c7-5-3-1-2-4-6-5;/h1,3H,2,4H2,(H,6,7);. The molecule has 0 aromatic heterocycles. The quantitative estimate of drug-likeness (QED) is 0.490. The van der Waals surface area contributed by atoms with Gasteiger partial charge >= 0.3 is 0 Å². The van der Waals surface area contributed by atoms with E-state index < -0.39 is 0 Å². The van der Waals surface area contributed by atoms with Crippen LogP contribution in [-0.2, 0) is 21.9 Å². The first-order valence-corrected chi connectivity index (χ1v) is 2.34. The van der Waals surface area contributed by atoms with Crippen LogP contribution in [0.25, 0.3) is 0 Å². The minimum absolute atomic E-state index is 0. The van der Waals surface area contributed by atoms with Gasteiger partial charge in [0, 0.05) is 23.6 Å². The first-order valence-electron chi connectivity index (χ1n) is 2.34. The van der Waals surface area contributed by atoms with Crippen LogP contribution in [0.4, 0.5) is 0 Å². The van der Waals surface area contributed by atoms with E-state index in [2.05, 4.69) is 5.32 Å². The van der Waals surface area contributed by atoms with E-state index in [0.29, 0.717) is 0 Å². The zero-order valence-electron chi connectivity index (χ0n) is 4.33. The zero-order valence-corrected chi connectivity index (χ0v) is 5.43. The monoisotopic (exact) mass is 153 g/mol. The van der Waals surface area contributed by atoms with Crippen LogP contribution in [0.2, 0.25) is 0 Å². The van der Waals surface area contributed by atoms with Crippen LogP contribution in [-0.4, -0.2) is 12.5 Å². The van der Waals surface area contributed by atoms with E-state index in [1.807, 2.05) is 6.08 Å². The fraction of sp³-hybridized carbons (Fsp3) is 0.400. The minimum atomic E-state index is 0. The molecule has 1 heterocycles. The predicted octanol–water partition coefficient (Wildman–Crippen LogP) is 0.0600. The molecule has 2 nitrogen and oxygen atoms in total. The summed E-state index contributed by atoms with van der Waals surface area (Å²) in [6.07, 6.45) is 4.41. The molecule has 46 valence electrons. The van der Waals surface area contributed by atoms with Crippen LogP contribution in [0.3, 0.4) is 0 Å². The molecule has 0 radical (unpaired) electrons. The molecule has 0 bridgehead atoms. The molecule has 0 fully saturated rings. The summed E-state index contributed by atoms with van der Waals surface area (Å²) in [4.78, 5) is 10.3. The molecule has 0 atom stereocenters. The van der Waals surface area contributed by atoms with Crippen molar-refractivity contribution in [1.29, 1.82) is 0 Å². The molecular formula is C5H7FeNO. The Morgan fingerprint density at radius 1 is 1.62 bits per heavy atom. The maximum Gasteiger partial charge on any atom is 0.243 e. The molecule has 0 aromatic carbocycles. The van der Waals surface area contributed by atoms with Crippen molar-refractivity contribution in [2.24, 2.45) is 0 Å². The van der Waals surface area contributed by atoms with Gasteiger partial charge in [0.2, 0.25) is 5.91 Å². The molecule has 0 aliphatic carbocycles. The Hall–Kier alpha value is -0.271. The van der Waals surface area contributed by atoms with E-state index in [0.717, 1.165) is 13.0 Å². The van der Waals surface area contributed by atoms with Crippen molar-refractivity contribution in [3.63, 3.8) is 0 Å². The van der Waals surface area contributed by atoms with Gasteiger partial charge in [-0.15, -0.1) is 0 Å². The smallest absolute Gasteiger partial charge is 0.243 e. The molecule has 0 unspecified atom stereocenters. The summed E-state index contributed by atoms with van der Waals surface area (Å²) in [6, 6.07) is 0. The maximum absolute atomic E-state index is 10.3. The average Bonchev–Trinajstić information content (AvgIpc) is 1.69. The molecule has 3 heteroatoms. The van der Waals surface area contributed by atoms with Crippen LogP contribution < -0.4 is 5.32 Å². The van der Waals surface area contributed by atoms with Crippen molar-refractivity contribution in [2.45, 2.75) is 6.42 Å². The van der Waals surface area contributed by atoms with E-state index in [9.17, 15) is 4.79 Å². The van der Waals surface area contributed by atoms with Crippen molar-refractivity contribution in [1.82, 2.24) is 5.32 Å². The van der Waals surface area contributed by atoms with Crippen LogP contribution in [0.1, 0.15) is 6.42 Å². The van der Waals surface area contributed by atoms with Gasteiger partial charge in [0.05, 0.1) is 0 Å². The molecule has 1 aliphatic heterocycles. The first-order chi connectivity index (χ1) is 3.39. The molecule has 0 spiro atoms. The van der Waals surface area contributed by atoms with Gasteiger partial charge in [-0.3, -0.25) is 4.79 Å².